The highest BCUT2D eigenvalue weighted by atomic mass is 16.1. The summed E-state index contributed by atoms with van der Waals surface area (Å²) in [6.45, 7) is 2.16. The summed E-state index contributed by atoms with van der Waals surface area (Å²) in [6.07, 6.45) is 3.36. The second-order valence-corrected chi connectivity index (χ2v) is 3.85. The number of primary amides is 1. The first-order chi connectivity index (χ1) is 5.02. The van der Waals surface area contributed by atoms with Crippen LogP contribution < -0.4 is 11.5 Å². The Morgan fingerprint density at radius 1 is 1.73 bits per heavy atom. The Morgan fingerprint density at radius 3 is 2.73 bits per heavy atom. The minimum absolute atomic E-state index is 0.276. The van der Waals surface area contributed by atoms with Crippen LogP contribution in [0, 0.1) is 5.92 Å². The van der Waals surface area contributed by atoms with Crippen LogP contribution in [0.15, 0.2) is 0 Å². The first-order valence-electron chi connectivity index (χ1n) is 4.09. The van der Waals surface area contributed by atoms with Gasteiger partial charge in [-0.1, -0.05) is 6.92 Å². The second kappa shape index (κ2) is 2.81. The maximum absolute atomic E-state index is 10.6. The van der Waals surface area contributed by atoms with Gasteiger partial charge >= 0.3 is 0 Å². The predicted molar refractivity (Wildman–Crippen MR) is 43.7 cm³/mol. The lowest BCUT2D eigenvalue weighted by Crippen LogP contribution is -2.40. The van der Waals surface area contributed by atoms with E-state index in [0.717, 1.165) is 19.3 Å². The number of nitrogens with two attached hydrogens (primary N) is 2. The molecule has 0 saturated heterocycles. The lowest BCUT2D eigenvalue weighted by atomic mass is 9.93. The van der Waals surface area contributed by atoms with E-state index in [9.17, 15) is 4.79 Å². The summed E-state index contributed by atoms with van der Waals surface area (Å²) in [5, 5.41) is 0. The minimum atomic E-state index is -0.286. The molecule has 0 spiro atoms. The van der Waals surface area contributed by atoms with Gasteiger partial charge in [-0.15, -0.1) is 0 Å². The fourth-order valence-corrected chi connectivity index (χ4v) is 1.94. The van der Waals surface area contributed by atoms with Crippen LogP contribution in [0.2, 0.25) is 0 Å². The third-order valence-corrected chi connectivity index (χ3v) is 2.42. The molecule has 11 heavy (non-hydrogen) atoms. The number of rotatable bonds is 2. The smallest absolute Gasteiger partial charge is 0.219 e. The molecule has 2 unspecified atom stereocenters. The Hall–Kier alpha value is -0.570. The molecular formula is C8H16N2O. The molecule has 1 rings (SSSR count). The molecule has 0 aromatic heterocycles. The molecule has 2 atom stereocenters. The van der Waals surface area contributed by atoms with Gasteiger partial charge in [0.25, 0.3) is 0 Å². The van der Waals surface area contributed by atoms with Gasteiger partial charge < -0.3 is 11.5 Å². The predicted octanol–water partition coefficient (Wildman–Crippen LogP) is 0.379. The van der Waals surface area contributed by atoms with Gasteiger partial charge in [-0.3, -0.25) is 4.79 Å². The minimum Gasteiger partial charge on any atom is -0.370 e. The summed E-state index contributed by atoms with van der Waals surface area (Å²) < 4.78 is 0. The fraction of sp³-hybridized carbons (Fsp3) is 0.875. The van der Waals surface area contributed by atoms with Crippen molar-refractivity contribution < 1.29 is 4.79 Å². The molecule has 0 aliphatic heterocycles. The molecule has 1 aliphatic rings. The largest absolute Gasteiger partial charge is 0.370 e. The highest BCUT2D eigenvalue weighted by Gasteiger charge is 2.34. The van der Waals surface area contributed by atoms with Crippen LogP contribution in [0.25, 0.3) is 0 Å². The Bertz CT molecular complexity index is 169. The van der Waals surface area contributed by atoms with E-state index in [0.29, 0.717) is 12.3 Å². The van der Waals surface area contributed by atoms with Gasteiger partial charge in [0.1, 0.15) is 0 Å². The summed E-state index contributed by atoms with van der Waals surface area (Å²) in [5.74, 6) is 0.376. The maximum atomic E-state index is 10.6. The van der Waals surface area contributed by atoms with Crippen LogP contribution in [-0.4, -0.2) is 11.4 Å². The highest BCUT2D eigenvalue weighted by molar-refractivity contribution is 5.75. The zero-order chi connectivity index (χ0) is 8.48. The van der Waals surface area contributed by atoms with Gasteiger partial charge in [0.15, 0.2) is 0 Å². The molecule has 0 heterocycles. The molecule has 4 N–H and O–H groups in total. The third kappa shape index (κ3) is 2.19. The Morgan fingerprint density at radius 2 is 2.36 bits per heavy atom. The second-order valence-electron chi connectivity index (χ2n) is 3.85. The van der Waals surface area contributed by atoms with Crippen molar-refractivity contribution >= 4 is 5.91 Å². The Kier molecular flexibility index (Phi) is 2.18. The number of carbonyl (C=O) groups is 1. The maximum Gasteiger partial charge on any atom is 0.219 e. The highest BCUT2D eigenvalue weighted by Crippen LogP contribution is 2.34. The molecule has 1 amide bonds. The van der Waals surface area contributed by atoms with Gasteiger partial charge in [-0.05, 0) is 25.2 Å². The van der Waals surface area contributed by atoms with Crippen LogP contribution in [0.5, 0.6) is 0 Å². The van der Waals surface area contributed by atoms with Crippen LogP contribution in [-0.2, 0) is 4.79 Å². The van der Waals surface area contributed by atoms with Crippen molar-refractivity contribution in [1.82, 2.24) is 0 Å². The quantitative estimate of drug-likeness (QED) is 0.606. The fourth-order valence-electron chi connectivity index (χ4n) is 1.94. The molecule has 0 aromatic rings. The van der Waals surface area contributed by atoms with Gasteiger partial charge in [0.2, 0.25) is 5.91 Å². The topological polar surface area (TPSA) is 69.1 Å². The summed E-state index contributed by atoms with van der Waals surface area (Å²) in [7, 11) is 0. The van der Waals surface area contributed by atoms with Crippen LogP contribution in [0.4, 0.5) is 0 Å². The first kappa shape index (κ1) is 8.53. The molecule has 1 saturated carbocycles. The van der Waals surface area contributed by atoms with E-state index in [2.05, 4.69) is 6.92 Å². The molecule has 3 heteroatoms. The Balaban J connectivity index is 2.48. The van der Waals surface area contributed by atoms with Crippen molar-refractivity contribution in [2.45, 2.75) is 38.1 Å². The lowest BCUT2D eigenvalue weighted by molar-refractivity contribution is -0.119. The van der Waals surface area contributed by atoms with E-state index in [4.69, 9.17) is 11.5 Å². The summed E-state index contributed by atoms with van der Waals surface area (Å²) in [4.78, 5) is 10.6. The van der Waals surface area contributed by atoms with Crippen molar-refractivity contribution in [3.63, 3.8) is 0 Å². The Labute approximate surface area is 67.1 Å². The van der Waals surface area contributed by atoms with E-state index >= 15 is 0 Å². The number of amides is 1. The standard InChI is InChI=1S/C8H16N2O/c1-6-2-3-8(10,4-6)5-7(9)11/h6H,2-5,10H2,1H3,(H2,9,11). The molecule has 3 nitrogen and oxygen atoms in total. The first-order valence-corrected chi connectivity index (χ1v) is 4.09. The summed E-state index contributed by atoms with van der Waals surface area (Å²) in [6, 6.07) is 0. The van der Waals surface area contributed by atoms with Gasteiger partial charge in [-0.2, -0.15) is 0 Å². The number of hydrogen-bond donors (Lipinski definition) is 2. The molecule has 64 valence electrons. The normalized spacial score (nSPS) is 37.5. The zero-order valence-electron chi connectivity index (χ0n) is 6.97. The van der Waals surface area contributed by atoms with E-state index in [1.165, 1.54) is 0 Å². The van der Waals surface area contributed by atoms with E-state index in [1.54, 1.807) is 0 Å². The van der Waals surface area contributed by atoms with Crippen LogP contribution in [0.3, 0.4) is 0 Å². The summed E-state index contributed by atoms with van der Waals surface area (Å²) >= 11 is 0. The molecule has 1 aliphatic carbocycles. The van der Waals surface area contributed by atoms with E-state index in [1.807, 2.05) is 0 Å². The van der Waals surface area contributed by atoms with Crippen molar-refractivity contribution in [2.75, 3.05) is 0 Å². The van der Waals surface area contributed by atoms with E-state index in [-0.39, 0.29) is 11.4 Å². The summed E-state index contributed by atoms with van der Waals surface area (Å²) in [5.41, 5.74) is 10.7. The average molecular weight is 156 g/mol. The van der Waals surface area contributed by atoms with Gasteiger partial charge in [0, 0.05) is 12.0 Å². The van der Waals surface area contributed by atoms with Gasteiger partial charge in [-0.25, -0.2) is 0 Å². The van der Waals surface area contributed by atoms with Crippen molar-refractivity contribution in [2.24, 2.45) is 17.4 Å². The molecule has 0 aromatic carbocycles. The van der Waals surface area contributed by atoms with Crippen LogP contribution >= 0.6 is 0 Å². The zero-order valence-corrected chi connectivity index (χ0v) is 6.97. The van der Waals surface area contributed by atoms with Crippen molar-refractivity contribution in [1.29, 1.82) is 0 Å². The SMILES string of the molecule is CC1CCC(N)(CC(N)=O)C1. The average Bonchev–Trinajstić information content (AvgIpc) is 2.08. The number of carbonyl (C=O) groups excluding carboxylic acids is 1. The molecule has 0 radical (unpaired) electrons. The lowest BCUT2D eigenvalue weighted by Gasteiger charge is -2.21. The third-order valence-electron chi connectivity index (χ3n) is 2.42. The molecule has 1 fully saturated rings. The van der Waals surface area contributed by atoms with Gasteiger partial charge in [0.05, 0.1) is 0 Å². The van der Waals surface area contributed by atoms with Crippen molar-refractivity contribution in [3.8, 4) is 0 Å². The van der Waals surface area contributed by atoms with Crippen molar-refractivity contribution in [3.05, 3.63) is 0 Å². The van der Waals surface area contributed by atoms with E-state index < -0.39 is 0 Å². The molecule has 0 bridgehead atoms. The monoisotopic (exact) mass is 156 g/mol. The van der Waals surface area contributed by atoms with Crippen LogP contribution in [0.1, 0.15) is 32.6 Å². The number of hydrogen-bond acceptors (Lipinski definition) is 2. The molecular weight excluding hydrogens is 140 g/mol.